The van der Waals surface area contributed by atoms with E-state index in [4.69, 9.17) is 0 Å². The van der Waals surface area contributed by atoms with E-state index in [2.05, 4.69) is 36.4 Å². The molecule has 2 aliphatic carbocycles. The summed E-state index contributed by atoms with van der Waals surface area (Å²) in [5, 5.41) is 0. The Morgan fingerprint density at radius 1 is 1.12 bits per heavy atom. The summed E-state index contributed by atoms with van der Waals surface area (Å²) in [4.78, 5) is 12.5. The van der Waals surface area contributed by atoms with Crippen molar-refractivity contribution < 1.29 is 4.79 Å². The van der Waals surface area contributed by atoms with Crippen LogP contribution in [0.25, 0.3) is 0 Å². The van der Waals surface area contributed by atoms with E-state index in [1.165, 1.54) is 12.0 Å². The van der Waals surface area contributed by atoms with Crippen molar-refractivity contribution in [2.24, 2.45) is 5.92 Å². The molecule has 1 aromatic carbocycles. The molecule has 0 radical (unpaired) electrons. The number of rotatable bonds is 1. The van der Waals surface area contributed by atoms with Crippen LogP contribution in [0.5, 0.6) is 0 Å². The van der Waals surface area contributed by atoms with Crippen molar-refractivity contribution in [2.75, 3.05) is 0 Å². The molecular weight excluding hydrogens is 208 g/mol. The molecule has 1 saturated carbocycles. The second kappa shape index (κ2) is 4.14. The Labute approximate surface area is 103 Å². The normalized spacial score (nSPS) is 32.2. The predicted molar refractivity (Wildman–Crippen MR) is 68.8 cm³/mol. The average molecular weight is 226 g/mol. The highest BCUT2D eigenvalue weighted by Crippen LogP contribution is 2.48. The van der Waals surface area contributed by atoms with Gasteiger partial charge in [-0.1, -0.05) is 42.5 Å². The fourth-order valence-corrected chi connectivity index (χ4v) is 3.59. The predicted octanol–water partition coefficient (Wildman–Crippen LogP) is 3.64. The molecule has 2 aliphatic rings. The molecule has 0 spiro atoms. The molecule has 0 bridgehead atoms. The topological polar surface area (TPSA) is 17.1 Å². The first-order valence-corrected chi connectivity index (χ1v) is 6.58. The van der Waals surface area contributed by atoms with Crippen LogP contribution in [0.4, 0.5) is 0 Å². The molecule has 0 saturated heterocycles. The van der Waals surface area contributed by atoms with Crippen molar-refractivity contribution in [3.05, 3.63) is 48.0 Å². The van der Waals surface area contributed by atoms with Crippen LogP contribution in [0.3, 0.4) is 0 Å². The molecule has 1 fully saturated rings. The van der Waals surface area contributed by atoms with Crippen molar-refractivity contribution in [3.8, 4) is 0 Å². The van der Waals surface area contributed by atoms with Gasteiger partial charge in [0.15, 0.2) is 0 Å². The molecule has 0 amide bonds. The SMILES string of the molecule is O=C1CCC[C@H]2CC=CC[C@@]12c1ccccc1. The lowest BCUT2D eigenvalue weighted by atomic mass is 9.57. The maximum atomic E-state index is 12.5. The Morgan fingerprint density at radius 3 is 2.76 bits per heavy atom. The van der Waals surface area contributed by atoms with Crippen LogP contribution in [0.1, 0.15) is 37.7 Å². The van der Waals surface area contributed by atoms with E-state index in [0.717, 1.165) is 25.7 Å². The molecule has 0 heterocycles. The monoisotopic (exact) mass is 226 g/mol. The summed E-state index contributed by atoms with van der Waals surface area (Å²) in [5.41, 5.74) is 1.04. The third-order valence-electron chi connectivity index (χ3n) is 4.47. The molecule has 2 atom stereocenters. The standard InChI is InChI=1S/C16H18O/c17-15-11-6-10-14-9-4-5-12-16(14,15)13-7-2-1-3-8-13/h1-5,7-8,14H,6,9-12H2/t14-,16+/m1/s1. The third-order valence-corrected chi connectivity index (χ3v) is 4.47. The maximum Gasteiger partial charge on any atom is 0.144 e. The molecule has 1 nitrogen and oxygen atoms in total. The second-order valence-electron chi connectivity index (χ2n) is 5.26. The molecular formula is C16H18O. The molecule has 3 rings (SSSR count). The van der Waals surface area contributed by atoms with Gasteiger partial charge in [-0.05, 0) is 37.2 Å². The fraction of sp³-hybridized carbons (Fsp3) is 0.438. The minimum Gasteiger partial charge on any atom is -0.299 e. The lowest BCUT2D eigenvalue weighted by Crippen LogP contribution is -2.46. The summed E-state index contributed by atoms with van der Waals surface area (Å²) in [6.45, 7) is 0. The Bertz CT molecular complexity index is 446. The quantitative estimate of drug-likeness (QED) is 0.668. The van der Waals surface area contributed by atoms with Gasteiger partial charge in [-0.15, -0.1) is 0 Å². The van der Waals surface area contributed by atoms with E-state index in [9.17, 15) is 4.79 Å². The highest BCUT2D eigenvalue weighted by molar-refractivity contribution is 5.91. The minimum atomic E-state index is -0.200. The van der Waals surface area contributed by atoms with Gasteiger partial charge in [-0.3, -0.25) is 4.79 Å². The van der Waals surface area contributed by atoms with Gasteiger partial charge in [0.2, 0.25) is 0 Å². The van der Waals surface area contributed by atoms with Crippen LogP contribution in [0, 0.1) is 5.92 Å². The Hall–Kier alpha value is -1.37. The summed E-state index contributed by atoms with van der Waals surface area (Å²) >= 11 is 0. The van der Waals surface area contributed by atoms with Crippen molar-refractivity contribution in [3.63, 3.8) is 0 Å². The first-order chi connectivity index (χ1) is 8.34. The number of allylic oxidation sites excluding steroid dienone is 2. The molecule has 1 heteroatoms. The Balaban J connectivity index is 2.11. The van der Waals surface area contributed by atoms with Gasteiger partial charge in [0.25, 0.3) is 0 Å². The number of ketones is 1. The molecule has 88 valence electrons. The van der Waals surface area contributed by atoms with Gasteiger partial charge in [0.05, 0.1) is 5.41 Å². The number of carbonyl (C=O) groups is 1. The Morgan fingerprint density at radius 2 is 1.94 bits per heavy atom. The first kappa shape index (κ1) is 10.8. The van der Waals surface area contributed by atoms with Crippen molar-refractivity contribution >= 4 is 5.78 Å². The lowest BCUT2D eigenvalue weighted by Gasteiger charge is -2.44. The van der Waals surface area contributed by atoms with Crippen LogP contribution in [-0.2, 0) is 10.2 Å². The zero-order chi connectivity index (χ0) is 11.7. The van der Waals surface area contributed by atoms with E-state index in [-0.39, 0.29) is 5.41 Å². The van der Waals surface area contributed by atoms with Crippen LogP contribution < -0.4 is 0 Å². The second-order valence-corrected chi connectivity index (χ2v) is 5.26. The van der Waals surface area contributed by atoms with Crippen LogP contribution in [0.2, 0.25) is 0 Å². The summed E-state index contributed by atoms with van der Waals surface area (Å²) in [6.07, 6.45) is 9.47. The summed E-state index contributed by atoms with van der Waals surface area (Å²) < 4.78 is 0. The number of hydrogen-bond acceptors (Lipinski definition) is 1. The summed E-state index contributed by atoms with van der Waals surface area (Å²) in [7, 11) is 0. The number of carbonyl (C=O) groups excluding carboxylic acids is 1. The van der Waals surface area contributed by atoms with Gasteiger partial charge >= 0.3 is 0 Å². The molecule has 0 aliphatic heterocycles. The van der Waals surface area contributed by atoms with Gasteiger partial charge in [0, 0.05) is 6.42 Å². The summed E-state index contributed by atoms with van der Waals surface area (Å²) in [5.74, 6) is 0.987. The number of hydrogen-bond donors (Lipinski definition) is 0. The summed E-state index contributed by atoms with van der Waals surface area (Å²) in [6, 6.07) is 10.4. The van der Waals surface area contributed by atoms with Crippen molar-refractivity contribution in [1.29, 1.82) is 0 Å². The zero-order valence-corrected chi connectivity index (χ0v) is 10.1. The maximum absolute atomic E-state index is 12.5. The molecule has 0 N–H and O–H groups in total. The van der Waals surface area contributed by atoms with Crippen molar-refractivity contribution in [2.45, 2.75) is 37.5 Å². The Kier molecular flexibility index (Phi) is 2.62. The van der Waals surface area contributed by atoms with E-state index in [1.807, 2.05) is 6.07 Å². The number of benzene rings is 1. The largest absolute Gasteiger partial charge is 0.299 e. The van der Waals surface area contributed by atoms with E-state index >= 15 is 0 Å². The molecule has 17 heavy (non-hydrogen) atoms. The fourth-order valence-electron chi connectivity index (χ4n) is 3.59. The van der Waals surface area contributed by atoms with Crippen molar-refractivity contribution in [1.82, 2.24) is 0 Å². The minimum absolute atomic E-state index is 0.200. The van der Waals surface area contributed by atoms with Crippen LogP contribution in [-0.4, -0.2) is 5.78 Å². The van der Waals surface area contributed by atoms with Gasteiger partial charge in [0.1, 0.15) is 5.78 Å². The smallest absolute Gasteiger partial charge is 0.144 e. The molecule has 0 unspecified atom stereocenters. The number of Topliss-reactive ketones (excluding diaryl/α,β-unsaturated/α-hetero) is 1. The molecule has 1 aromatic rings. The van der Waals surface area contributed by atoms with E-state index in [0.29, 0.717) is 11.7 Å². The first-order valence-electron chi connectivity index (χ1n) is 6.58. The van der Waals surface area contributed by atoms with Gasteiger partial charge in [-0.2, -0.15) is 0 Å². The third kappa shape index (κ3) is 1.56. The lowest BCUT2D eigenvalue weighted by molar-refractivity contribution is -0.129. The zero-order valence-electron chi connectivity index (χ0n) is 10.1. The highest BCUT2D eigenvalue weighted by Gasteiger charge is 2.47. The molecule has 0 aromatic heterocycles. The highest BCUT2D eigenvalue weighted by atomic mass is 16.1. The van der Waals surface area contributed by atoms with E-state index < -0.39 is 0 Å². The number of fused-ring (bicyclic) bond motifs is 1. The average Bonchev–Trinajstić information content (AvgIpc) is 2.40. The van der Waals surface area contributed by atoms with Crippen LogP contribution >= 0.6 is 0 Å². The van der Waals surface area contributed by atoms with Crippen LogP contribution in [0.15, 0.2) is 42.5 Å². The van der Waals surface area contributed by atoms with Gasteiger partial charge in [-0.25, -0.2) is 0 Å². The van der Waals surface area contributed by atoms with Gasteiger partial charge < -0.3 is 0 Å². The van der Waals surface area contributed by atoms with E-state index in [1.54, 1.807) is 0 Å².